The number of anilines is 1. The van der Waals surface area contributed by atoms with E-state index in [4.69, 9.17) is 4.84 Å². The Balaban J connectivity index is 1.53. The highest BCUT2D eigenvalue weighted by Gasteiger charge is 2.31. The predicted molar refractivity (Wildman–Crippen MR) is 100 cm³/mol. The Hall–Kier alpha value is -2.79. The largest absolute Gasteiger partial charge is 0.437 e. The Morgan fingerprint density at radius 3 is 2.52 bits per heavy atom. The number of halogens is 3. The van der Waals surface area contributed by atoms with Crippen LogP contribution in [-0.2, 0) is 22.0 Å². The van der Waals surface area contributed by atoms with Gasteiger partial charge in [0, 0.05) is 44.0 Å². The van der Waals surface area contributed by atoms with Gasteiger partial charge in [0.05, 0.1) is 16.2 Å². The molecule has 11 heteroatoms. The van der Waals surface area contributed by atoms with Crippen LogP contribution in [0.15, 0.2) is 58.8 Å². The van der Waals surface area contributed by atoms with E-state index in [-0.39, 0.29) is 4.90 Å². The summed E-state index contributed by atoms with van der Waals surface area (Å²) in [6, 6.07) is 7.66. The van der Waals surface area contributed by atoms with Crippen molar-refractivity contribution in [2.45, 2.75) is 23.9 Å². The maximum Gasteiger partial charge on any atom is 0.437 e. The standard InChI is InChI=1S/C18H17F3N4O3S/c19-18(20,21)13-2-1-3-16(12-13)29(27)25-10-6-15(7-11-25)24-28-17(26)23-14-4-8-22-9-5-14/h1-5,8-9,12H,6-7,10-11H2,(H,22,23,26). The van der Waals surface area contributed by atoms with E-state index in [1.807, 2.05) is 0 Å². The topological polar surface area (TPSA) is 83.9 Å². The molecule has 1 aromatic heterocycles. The zero-order valence-corrected chi connectivity index (χ0v) is 15.9. The lowest BCUT2D eigenvalue weighted by molar-refractivity contribution is -0.137. The van der Waals surface area contributed by atoms with Gasteiger partial charge in [-0.3, -0.25) is 15.1 Å². The number of benzene rings is 1. The van der Waals surface area contributed by atoms with Crippen molar-refractivity contribution in [2.75, 3.05) is 18.4 Å². The van der Waals surface area contributed by atoms with E-state index in [2.05, 4.69) is 15.5 Å². The van der Waals surface area contributed by atoms with Gasteiger partial charge in [-0.25, -0.2) is 13.3 Å². The fourth-order valence-corrected chi connectivity index (χ4v) is 3.85. The monoisotopic (exact) mass is 426 g/mol. The van der Waals surface area contributed by atoms with Crippen molar-refractivity contribution in [3.8, 4) is 0 Å². The molecular weight excluding hydrogens is 409 g/mol. The van der Waals surface area contributed by atoms with Crippen LogP contribution in [0.5, 0.6) is 0 Å². The Morgan fingerprint density at radius 1 is 1.17 bits per heavy atom. The number of oxime groups is 1. The van der Waals surface area contributed by atoms with Gasteiger partial charge >= 0.3 is 12.3 Å². The fourth-order valence-electron chi connectivity index (χ4n) is 2.61. The quantitative estimate of drug-likeness (QED) is 0.595. The normalized spacial score (nSPS) is 16.2. The highest BCUT2D eigenvalue weighted by atomic mass is 32.2. The number of rotatable bonds is 4. The molecule has 29 heavy (non-hydrogen) atoms. The van der Waals surface area contributed by atoms with E-state index in [0.29, 0.717) is 37.3 Å². The van der Waals surface area contributed by atoms with E-state index < -0.39 is 28.8 Å². The molecule has 0 spiro atoms. The molecule has 2 aromatic rings. The summed E-state index contributed by atoms with van der Waals surface area (Å²) in [7, 11) is -1.72. The molecule has 1 aromatic carbocycles. The van der Waals surface area contributed by atoms with Crippen LogP contribution in [0.1, 0.15) is 18.4 Å². The Kier molecular flexibility index (Phi) is 6.60. The summed E-state index contributed by atoms with van der Waals surface area (Å²) in [5, 5.41) is 6.30. The molecule has 1 atom stereocenters. The van der Waals surface area contributed by atoms with Gasteiger partial charge in [-0.1, -0.05) is 11.2 Å². The van der Waals surface area contributed by atoms with Crippen LogP contribution in [-0.4, -0.2) is 38.4 Å². The van der Waals surface area contributed by atoms with Crippen molar-refractivity contribution in [1.82, 2.24) is 9.29 Å². The van der Waals surface area contributed by atoms with Crippen molar-refractivity contribution in [3.05, 3.63) is 54.4 Å². The van der Waals surface area contributed by atoms with E-state index in [1.165, 1.54) is 24.5 Å². The molecule has 1 amide bonds. The molecule has 2 heterocycles. The molecule has 1 unspecified atom stereocenters. The van der Waals surface area contributed by atoms with Crippen molar-refractivity contribution in [3.63, 3.8) is 0 Å². The number of carbonyl (C=O) groups excluding carboxylic acids is 1. The molecule has 3 rings (SSSR count). The number of piperidine rings is 1. The SMILES string of the molecule is O=C(Nc1ccncc1)ON=C1CCN(S(=O)c2cccc(C(F)(F)F)c2)CC1. The van der Waals surface area contributed by atoms with Crippen LogP contribution < -0.4 is 5.32 Å². The molecule has 1 aliphatic heterocycles. The lowest BCUT2D eigenvalue weighted by Gasteiger charge is -2.26. The van der Waals surface area contributed by atoms with E-state index >= 15 is 0 Å². The van der Waals surface area contributed by atoms with Crippen molar-refractivity contribution >= 4 is 28.5 Å². The third kappa shape index (κ3) is 5.84. The molecule has 0 saturated carbocycles. The maximum atomic E-state index is 12.8. The number of nitrogens with zero attached hydrogens (tertiary/aromatic N) is 3. The molecular formula is C18H17F3N4O3S. The minimum atomic E-state index is -4.49. The Bertz CT molecular complexity index is 912. The molecule has 154 valence electrons. The van der Waals surface area contributed by atoms with Gasteiger partial charge in [-0.15, -0.1) is 0 Å². The lowest BCUT2D eigenvalue weighted by Crippen LogP contribution is -2.35. The summed E-state index contributed by atoms with van der Waals surface area (Å²) >= 11 is 0. The van der Waals surface area contributed by atoms with E-state index in [9.17, 15) is 22.2 Å². The van der Waals surface area contributed by atoms with Gasteiger partial charge in [0.2, 0.25) is 0 Å². The first-order valence-electron chi connectivity index (χ1n) is 8.61. The van der Waals surface area contributed by atoms with Gasteiger partial charge in [0.1, 0.15) is 11.0 Å². The fraction of sp³-hybridized carbons (Fsp3) is 0.278. The summed E-state index contributed by atoms with van der Waals surface area (Å²) in [6.07, 6.45) is -1.45. The zero-order chi connectivity index (χ0) is 20.9. The minimum Gasteiger partial charge on any atom is -0.298 e. The number of alkyl halides is 3. The van der Waals surface area contributed by atoms with Crippen molar-refractivity contribution in [2.24, 2.45) is 5.16 Å². The first kappa shape index (κ1) is 20.9. The first-order chi connectivity index (χ1) is 13.8. The van der Waals surface area contributed by atoms with E-state index in [0.717, 1.165) is 12.1 Å². The van der Waals surface area contributed by atoms with Crippen LogP contribution >= 0.6 is 0 Å². The maximum absolute atomic E-state index is 12.8. The summed E-state index contributed by atoms with van der Waals surface area (Å²) in [5.41, 5.74) is 0.278. The zero-order valence-electron chi connectivity index (χ0n) is 15.1. The van der Waals surface area contributed by atoms with Crippen LogP contribution in [0.4, 0.5) is 23.7 Å². The smallest absolute Gasteiger partial charge is 0.298 e. The molecule has 7 nitrogen and oxygen atoms in total. The molecule has 0 radical (unpaired) electrons. The van der Waals surface area contributed by atoms with E-state index in [1.54, 1.807) is 16.4 Å². The Morgan fingerprint density at radius 2 is 1.86 bits per heavy atom. The summed E-state index contributed by atoms with van der Waals surface area (Å²) in [5.74, 6) is 0. The molecule has 0 aliphatic carbocycles. The third-order valence-electron chi connectivity index (χ3n) is 4.08. The molecule has 1 aliphatic rings. The van der Waals surface area contributed by atoms with Gasteiger partial charge in [0.25, 0.3) is 0 Å². The average Bonchev–Trinajstić information content (AvgIpc) is 2.72. The van der Waals surface area contributed by atoms with Gasteiger partial charge in [0.15, 0.2) is 0 Å². The second kappa shape index (κ2) is 9.14. The van der Waals surface area contributed by atoms with Gasteiger partial charge < -0.3 is 0 Å². The van der Waals surface area contributed by atoms with Crippen molar-refractivity contribution < 1.29 is 27.0 Å². The van der Waals surface area contributed by atoms with Gasteiger partial charge in [-0.05, 0) is 30.3 Å². The second-order valence-corrected chi connectivity index (χ2v) is 7.59. The molecule has 1 fully saturated rings. The van der Waals surface area contributed by atoms with Crippen LogP contribution in [0.3, 0.4) is 0 Å². The minimum absolute atomic E-state index is 0.0909. The second-order valence-electron chi connectivity index (χ2n) is 6.10. The molecule has 1 saturated heterocycles. The number of aromatic nitrogens is 1. The van der Waals surface area contributed by atoms with Gasteiger partial charge in [-0.2, -0.15) is 13.2 Å². The molecule has 1 N–H and O–H groups in total. The molecule has 0 bridgehead atoms. The van der Waals surface area contributed by atoms with Crippen LogP contribution in [0.25, 0.3) is 0 Å². The highest BCUT2D eigenvalue weighted by molar-refractivity contribution is 7.82. The number of nitrogens with one attached hydrogen (secondary N) is 1. The number of carbonyl (C=O) groups is 1. The number of amides is 1. The van der Waals surface area contributed by atoms with Crippen LogP contribution in [0.2, 0.25) is 0 Å². The summed E-state index contributed by atoms with van der Waals surface area (Å²) in [4.78, 5) is 20.4. The van der Waals surface area contributed by atoms with Crippen molar-refractivity contribution in [1.29, 1.82) is 0 Å². The number of hydrogen-bond donors (Lipinski definition) is 1. The van der Waals surface area contributed by atoms with Crippen LogP contribution in [0, 0.1) is 0 Å². The summed E-state index contributed by atoms with van der Waals surface area (Å²) < 4.78 is 52.6. The Labute approximate surface area is 167 Å². The third-order valence-corrected chi connectivity index (χ3v) is 5.57. The predicted octanol–water partition coefficient (Wildman–Crippen LogP) is 3.82. The number of hydrogen-bond acceptors (Lipinski definition) is 5. The highest BCUT2D eigenvalue weighted by Crippen LogP contribution is 2.30. The summed E-state index contributed by atoms with van der Waals surface area (Å²) in [6.45, 7) is 0.633. The first-order valence-corrected chi connectivity index (χ1v) is 9.71. The lowest BCUT2D eigenvalue weighted by atomic mass is 10.1. The number of pyridine rings is 1. The average molecular weight is 426 g/mol.